The first kappa shape index (κ1) is 12.8. The Morgan fingerprint density at radius 1 is 1.50 bits per heavy atom. The molecule has 5 heteroatoms. The van der Waals surface area contributed by atoms with Gasteiger partial charge in [-0.05, 0) is 12.3 Å². The molecule has 0 aliphatic rings. The molecule has 1 rings (SSSR count). The molecular formula is C11H18FN3O. The molecule has 0 bridgehead atoms. The fourth-order valence-electron chi connectivity index (χ4n) is 1.39. The minimum atomic E-state index is -0.352. The van der Waals surface area contributed by atoms with Gasteiger partial charge in [0.15, 0.2) is 11.6 Å². The van der Waals surface area contributed by atoms with Gasteiger partial charge in [0.2, 0.25) is 0 Å². The molecule has 0 aliphatic carbocycles. The van der Waals surface area contributed by atoms with Gasteiger partial charge in [-0.3, -0.25) is 0 Å². The van der Waals surface area contributed by atoms with Crippen molar-refractivity contribution < 1.29 is 9.13 Å². The summed E-state index contributed by atoms with van der Waals surface area (Å²) in [5.74, 6) is 0.230. The molecule has 0 saturated heterocycles. The number of anilines is 1. The first-order chi connectivity index (χ1) is 7.69. The Kier molecular flexibility index (Phi) is 5.11. The van der Waals surface area contributed by atoms with Gasteiger partial charge in [0.25, 0.3) is 0 Å². The van der Waals surface area contributed by atoms with E-state index in [0.717, 1.165) is 0 Å². The normalized spacial score (nSPS) is 12.5. The number of methoxy groups -OCH3 is 1. The average Bonchev–Trinajstić information content (AvgIpc) is 2.28. The fraction of sp³-hybridized carbons (Fsp3) is 0.636. The lowest BCUT2D eigenvalue weighted by molar-refractivity contribution is 0.164. The van der Waals surface area contributed by atoms with E-state index in [1.165, 1.54) is 6.33 Å². The van der Waals surface area contributed by atoms with Crippen LogP contribution in [0, 0.1) is 11.7 Å². The van der Waals surface area contributed by atoms with Gasteiger partial charge >= 0.3 is 0 Å². The fourth-order valence-corrected chi connectivity index (χ4v) is 1.39. The SMILES string of the molecule is CCc1ncnc(NCC(C)COC)c1F. The Morgan fingerprint density at radius 3 is 2.88 bits per heavy atom. The highest BCUT2D eigenvalue weighted by Crippen LogP contribution is 2.13. The van der Waals surface area contributed by atoms with E-state index in [2.05, 4.69) is 15.3 Å². The summed E-state index contributed by atoms with van der Waals surface area (Å²) in [6, 6.07) is 0. The van der Waals surface area contributed by atoms with E-state index >= 15 is 0 Å². The zero-order chi connectivity index (χ0) is 12.0. The summed E-state index contributed by atoms with van der Waals surface area (Å²) in [6.45, 7) is 5.16. The van der Waals surface area contributed by atoms with Crippen molar-refractivity contribution in [3.8, 4) is 0 Å². The summed E-state index contributed by atoms with van der Waals surface area (Å²) in [5, 5.41) is 2.97. The van der Waals surface area contributed by atoms with Crippen molar-refractivity contribution in [3.05, 3.63) is 17.8 Å². The Hall–Kier alpha value is -1.23. The highest BCUT2D eigenvalue weighted by Gasteiger charge is 2.10. The standard InChI is InChI=1S/C11H18FN3O/c1-4-9-10(12)11(15-7-14-9)13-5-8(2)6-16-3/h7-8H,4-6H2,1-3H3,(H,13,14,15). The van der Waals surface area contributed by atoms with Crippen LogP contribution < -0.4 is 5.32 Å². The summed E-state index contributed by atoms with van der Waals surface area (Å²) in [6.07, 6.45) is 1.95. The first-order valence-corrected chi connectivity index (χ1v) is 5.41. The lowest BCUT2D eigenvalue weighted by Crippen LogP contribution is -2.17. The van der Waals surface area contributed by atoms with Gasteiger partial charge in [-0.1, -0.05) is 13.8 Å². The van der Waals surface area contributed by atoms with Crippen LogP contribution in [0.25, 0.3) is 0 Å². The highest BCUT2D eigenvalue weighted by atomic mass is 19.1. The topological polar surface area (TPSA) is 47.0 Å². The van der Waals surface area contributed by atoms with E-state index in [0.29, 0.717) is 31.2 Å². The summed E-state index contributed by atoms with van der Waals surface area (Å²) in [7, 11) is 1.65. The molecule has 16 heavy (non-hydrogen) atoms. The van der Waals surface area contributed by atoms with Crippen molar-refractivity contribution in [2.75, 3.05) is 25.6 Å². The van der Waals surface area contributed by atoms with Crippen molar-refractivity contribution in [1.82, 2.24) is 9.97 Å². The minimum Gasteiger partial charge on any atom is -0.384 e. The number of hydrogen-bond acceptors (Lipinski definition) is 4. The Morgan fingerprint density at radius 2 is 2.25 bits per heavy atom. The maximum Gasteiger partial charge on any atom is 0.186 e. The summed E-state index contributed by atoms with van der Waals surface area (Å²) in [4.78, 5) is 7.75. The lowest BCUT2D eigenvalue weighted by Gasteiger charge is -2.12. The van der Waals surface area contributed by atoms with Gasteiger partial charge in [-0.15, -0.1) is 0 Å². The molecule has 1 heterocycles. The molecule has 1 atom stereocenters. The van der Waals surface area contributed by atoms with Crippen LogP contribution in [0.4, 0.5) is 10.2 Å². The predicted molar refractivity (Wildman–Crippen MR) is 60.9 cm³/mol. The molecule has 0 spiro atoms. The minimum absolute atomic E-state index is 0.273. The average molecular weight is 227 g/mol. The number of ether oxygens (including phenoxy) is 1. The molecule has 1 N–H and O–H groups in total. The van der Waals surface area contributed by atoms with Crippen molar-refractivity contribution >= 4 is 5.82 Å². The highest BCUT2D eigenvalue weighted by molar-refractivity contribution is 5.37. The van der Waals surface area contributed by atoms with Gasteiger partial charge in [0, 0.05) is 13.7 Å². The van der Waals surface area contributed by atoms with Crippen LogP contribution in [-0.4, -0.2) is 30.2 Å². The summed E-state index contributed by atoms with van der Waals surface area (Å²) >= 11 is 0. The molecular weight excluding hydrogens is 209 g/mol. The van der Waals surface area contributed by atoms with E-state index in [4.69, 9.17) is 4.74 Å². The first-order valence-electron chi connectivity index (χ1n) is 5.41. The van der Waals surface area contributed by atoms with Crippen LogP contribution in [0.2, 0.25) is 0 Å². The molecule has 90 valence electrons. The third kappa shape index (κ3) is 3.41. The monoisotopic (exact) mass is 227 g/mol. The van der Waals surface area contributed by atoms with Gasteiger partial charge in [-0.2, -0.15) is 0 Å². The molecule has 4 nitrogen and oxygen atoms in total. The summed E-state index contributed by atoms with van der Waals surface area (Å²) in [5.41, 5.74) is 0.442. The molecule has 0 aliphatic heterocycles. The van der Waals surface area contributed by atoms with E-state index in [1.807, 2.05) is 13.8 Å². The smallest absolute Gasteiger partial charge is 0.186 e. The van der Waals surface area contributed by atoms with Crippen LogP contribution >= 0.6 is 0 Å². The molecule has 0 aromatic carbocycles. The Bertz CT molecular complexity index is 333. The van der Waals surface area contributed by atoms with E-state index in [9.17, 15) is 4.39 Å². The van der Waals surface area contributed by atoms with Crippen LogP contribution in [0.5, 0.6) is 0 Å². The molecule has 1 aromatic rings. The van der Waals surface area contributed by atoms with Crippen LogP contribution in [0.15, 0.2) is 6.33 Å². The number of aromatic nitrogens is 2. The molecule has 0 radical (unpaired) electrons. The second-order valence-electron chi connectivity index (χ2n) is 3.78. The van der Waals surface area contributed by atoms with Crippen molar-refractivity contribution in [1.29, 1.82) is 0 Å². The number of aryl methyl sites for hydroxylation is 1. The lowest BCUT2D eigenvalue weighted by atomic mass is 10.2. The van der Waals surface area contributed by atoms with Gasteiger partial charge in [0.1, 0.15) is 6.33 Å². The Labute approximate surface area is 95.3 Å². The third-order valence-corrected chi connectivity index (χ3v) is 2.27. The number of nitrogens with zero attached hydrogens (tertiary/aromatic N) is 2. The van der Waals surface area contributed by atoms with E-state index < -0.39 is 0 Å². The maximum absolute atomic E-state index is 13.7. The molecule has 1 aromatic heterocycles. The molecule has 0 saturated carbocycles. The zero-order valence-corrected chi connectivity index (χ0v) is 9.96. The zero-order valence-electron chi connectivity index (χ0n) is 9.96. The van der Waals surface area contributed by atoms with Crippen molar-refractivity contribution in [2.45, 2.75) is 20.3 Å². The molecule has 1 unspecified atom stereocenters. The molecule has 0 fully saturated rings. The third-order valence-electron chi connectivity index (χ3n) is 2.27. The second-order valence-corrected chi connectivity index (χ2v) is 3.78. The predicted octanol–water partition coefficient (Wildman–Crippen LogP) is 1.87. The number of hydrogen-bond donors (Lipinski definition) is 1. The van der Waals surface area contributed by atoms with E-state index in [-0.39, 0.29) is 11.6 Å². The number of nitrogens with one attached hydrogen (secondary N) is 1. The van der Waals surface area contributed by atoms with Gasteiger partial charge < -0.3 is 10.1 Å². The van der Waals surface area contributed by atoms with Crippen molar-refractivity contribution in [2.24, 2.45) is 5.92 Å². The van der Waals surface area contributed by atoms with Gasteiger partial charge in [-0.25, -0.2) is 14.4 Å². The number of rotatable bonds is 6. The number of halogens is 1. The Balaban J connectivity index is 2.60. The largest absolute Gasteiger partial charge is 0.384 e. The van der Waals surface area contributed by atoms with Crippen LogP contribution in [0.3, 0.4) is 0 Å². The van der Waals surface area contributed by atoms with Crippen LogP contribution in [0.1, 0.15) is 19.5 Å². The van der Waals surface area contributed by atoms with E-state index in [1.54, 1.807) is 7.11 Å². The van der Waals surface area contributed by atoms with Gasteiger partial charge in [0.05, 0.1) is 12.3 Å². The molecule has 0 amide bonds. The quantitative estimate of drug-likeness (QED) is 0.806. The maximum atomic E-state index is 13.7. The second kappa shape index (κ2) is 6.37. The summed E-state index contributed by atoms with van der Waals surface area (Å²) < 4.78 is 18.7. The van der Waals surface area contributed by atoms with Crippen LogP contribution in [-0.2, 0) is 11.2 Å². The van der Waals surface area contributed by atoms with Crippen molar-refractivity contribution in [3.63, 3.8) is 0 Å².